The zero-order valence-corrected chi connectivity index (χ0v) is 14.4. The van der Waals surface area contributed by atoms with E-state index in [1.54, 1.807) is 0 Å². The van der Waals surface area contributed by atoms with Crippen LogP contribution in [0.15, 0.2) is 4.99 Å². The van der Waals surface area contributed by atoms with Crippen LogP contribution >= 0.6 is 11.8 Å². The van der Waals surface area contributed by atoms with E-state index in [0.717, 1.165) is 51.4 Å². The fourth-order valence-electron chi connectivity index (χ4n) is 2.46. The molecule has 1 heterocycles. The molecule has 6 heteroatoms. The van der Waals surface area contributed by atoms with E-state index in [4.69, 9.17) is 9.73 Å². The summed E-state index contributed by atoms with van der Waals surface area (Å²) in [6.07, 6.45) is 6.19. The Morgan fingerprint density at radius 1 is 1.38 bits per heavy atom. The average Bonchev–Trinajstić information content (AvgIpc) is 2.53. The fraction of sp³-hybridized carbons (Fsp3) is 0.867. The van der Waals surface area contributed by atoms with E-state index in [9.17, 15) is 4.79 Å². The van der Waals surface area contributed by atoms with E-state index < -0.39 is 0 Å². The van der Waals surface area contributed by atoms with Crippen molar-refractivity contribution in [1.29, 1.82) is 0 Å². The number of thioether (sulfide) groups is 1. The molecule has 1 N–H and O–H groups in total. The minimum absolute atomic E-state index is 0.0516. The van der Waals surface area contributed by atoms with E-state index in [1.807, 2.05) is 11.8 Å². The van der Waals surface area contributed by atoms with Crippen LogP contribution in [0.5, 0.6) is 0 Å². The molecule has 1 aliphatic heterocycles. The van der Waals surface area contributed by atoms with Gasteiger partial charge in [-0.2, -0.15) is 11.8 Å². The number of unbranched alkanes of at least 4 members (excludes halogenated alkanes) is 1. The SMILES string of the molecule is CCNC(=NCCCCSC)N1CCC(C(=O)OC)CC1. The zero-order chi connectivity index (χ0) is 15.5. The summed E-state index contributed by atoms with van der Waals surface area (Å²) in [6, 6.07) is 0. The number of aliphatic imine (C=N–C) groups is 1. The second kappa shape index (κ2) is 10.8. The molecule has 1 fully saturated rings. The van der Waals surface area contributed by atoms with Gasteiger partial charge in [0.25, 0.3) is 0 Å². The van der Waals surface area contributed by atoms with Crippen molar-refractivity contribution >= 4 is 23.7 Å². The van der Waals surface area contributed by atoms with E-state index in [2.05, 4.69) is 23.4 Å². The molecule has 0 atom stereocenters. The standard InChI is InChI=1S/C15H29N3O2S/c1-4-16-15(17-9-5-6-12-21-3)18-10-7-13(8-11-18)14(19)20-2/h13H,4-12H2,1-3H3,(H,16,17). The number of guanidine groups is 1. The van der Waals surface area contributed by atoms with E-state index in [1.165, 1.54) is 19.3 Å². The van der Waals surface area contributed by atoms with Gasteiger partial charge in [-0.1, -0.05) is 0 Å². The van der Waals surface area contributed by atoms with Crippen molar-refractivity contribution in [3.63, 3.8) is 0 Å². The highest BCUT2D eigenvalue weighted by atomic mass is 32.2. The Kier molecular flexibility index (Phi) is 9.30. The van der Waals surface area contributed by atoms with Crippen LogP contribution in [0, 0.1) is 5.92 Å². The molecular formula is C15H29N3O2S. The molecule has 0 saturated carbocycles. The molecule has 0 aromatic heterocycles. The summed E-state index contributed by atoms with van der Waals surface area (Å²) in [5.41, 5.74) is 0. The molecule has 0 aromatic carbocycles. The number of nitrogens with one attached hydrogen (secondary N) is 1. The number of hydrogen-bond acceptors (Lipinski definition) is 4. The van der Waals surface area contributed by atoms with Crippen molar-refractivity contribution in [3.8, 4) is 0 Å². The molecule has 0 spiro atoms. The lowest BCUT2D eigenvalue weighted by atomic mass is 9.97. The first-order chi connectivity index (χ1) is 10.2. The minimum Gasteiger partial charge on any atom is -0.469 e. The van der Waals surface area contributed by atoms with Crippen molar-refractivity contribution < 1.29 is 9.53 Å². The van der Waals surface area contributed by atoms with Gasteiger partial charge in [0.1, 0.15) is 0 Å². The van der Waals surface area contributed by atoms with Gasteiger partial charge in [0.05, 0.1) is 13.0 Å². The molecule has 0 aliphatic carbocycles. The van der Waals surface area contributed by atoms with Crippen molar-refractivity contribution in [2.24, 2.45) is 10.9 Å². The topological polar surface area (TPSA) is 53.9 Å². The maximum absolute atomic E-state index is 11.6. The van der Waals surface area contributed by atoms with Gasteiger partial charge >= 0.3 is 5.97 Å². The second-order valence-corrected chi connectivity index (χ2v) is 6.21. The van der Waals surface area contributed by atoms with Crippen LogP contribution in [0.1, 0.15) is 32.6 Å². The first-order valence-electron chi connectivity index (χ1n) is 7.83. The summed E-state index contributed by atoms with van der Waals surface area (Å²) in [6.45, 7) is 5.58. The molecule has 122 valence electrons. The number of rotatable bonds is 7. The van der Waals surface area contributed by atoms with Crippen LogP contribution in [0.25, 0.3) is 0 Å². The van der Waals surface area contributed by atoms with Gasteiger partial charge in [-0.05, 0) is 44.6 Å². The number of piperidine rings is 1. The highest BCUT2D eigenvalue weighted by Gasteiger charge is 2.26. The first kappa shape index (κ1) is 18.1. The zero-order valence-electron chi connectivity index (χ0n) is 13.6. The predicted octanol–water partition coefficient (Wildman–Crippen LogP) is 1.98. The van der Waals surface area contributed by atoms with E-state index >= 15 is 0 Å². The predicted molar refractivity (Wildman–Crippen MR) is 89.9 cm³/mol. The Balaban J connectivity index is 2.42. The Bertz CT molecular complexity index is 329. The molecular weight excluding hydrogens is 286 g/mol. The number of likely N-dealkylation sites (tertiary alicyclic amines) is 1. The summed E-state index contributed by atoms with van der Waals surface area (Å²) in [5, 5.41) is 3.36. The highest BCUT2D eigenvalue weighted by Crippen LogP contribution is 2.18. The number of methoxy groups -OCH3 is 1. The van der Waals surface area contributed by atoms with E-state index in [-0.39, 0.29) is 11.9 Å². The minimum atomic E-state index is -0.0753. The highest BCUT2D eigenvalue weighted by molar-refractivity contribution is 7.98. The number of ether oxygens (including phenoxy) is 1. The quantitative estimate of drug-likeness (QED) is 0.337. The third-order valence-corrected chi connectivity index (χ3v) is 4.38. The molecule has 0 bridgehead atoms. The van der Waals surface area contributed by atoms with Crippen LogP contribution in [-0.2, 0) is 9.53 Å². The molecule has 5 nitrogen and oxygen atoms in total. The van der Waals surface area contributed by atoms with Gasteiger partial charge in [0.2, 0.25) is 0 Å². The molecule has 1 aliphatic rings. The van der Waals surface area contributed by atoms with Crippen LogP contribution in [0.4, 0.5) is 0 Å². The Morgan fingerprint density at radius 2 is 2.10 bits per heavy atom. The summed E-state index contributed by atoms with van der Waals surface area (Å²) in [4.78, 5) is 18.5. The van der Waals surface area contributed by atoms with Crippen molar-refractivity contribution in [1.82, 2.24) is 10.2 Å². The number of esters is 1. The molecule has 21 heavy (non-hydrogen) atoms. The fourth-order valence-corrected chi connectivity index (χ4v) is 2.96. The van der Waals surface area contributed by atoms with Gasteiger partial charge < -0.3 is 15.0 Å². The number of nitrogens with zero attached hydrogens (tertiary/aromatic N) is 2. The van der Waals surface area contributed by atoms with Gasteiger partial charge in [-0.3, -0.25) is 9.79 Å². The van der Waals surface area contributed by atoms with Crippen LogP contribution in [-0.4, -0.2) is 62.1 Å². The molecule has 0 radical (unpaired) electrons. The number of carbonyl (C=O) groups excluding carboxylic acids is 1. The molecule has 1 saturated heterocycles. The monoisotopic (exact) mass is 315 g/mol. The number of hydrogen-bond donors (Lipinski definition) is 1. The first-order valence-corrected chi connectivity index (χ1v) is 9.22. The van der Waals surface area contributed by atoms with Crippen LogP contribution in [0.2, 0.25) is 0 Å². The Morgan fingerprint density at radius 3 is 2.67 bits per heavy atom. The van der Waals surface area contributed by atoms with Gasteiger partial charge in [-0.25, -0.2) is 0 Å². The summed E-state index contributed by atoms with van der Waals surface area (Å²) >= 11 is 1.89. The normalized spacial score (nSPS) is 16.9. The third kappa shape index (κ3) is 6.59. The lowest BCUT2D eigenvalue weighted by Gasteiger charge is -2.33. The lowest BCUT2D eigenvalue weighted by Crippen LogP contribution is -2.46. The molecule has 0 unspecified atom stereocenters. The van der Waals surface area contributed by atoms with Gasteiger partial charge in [0, 0.05) is 26.2 Å². The van der Waals surface area contributed by atoms with E-state index in [0.29, 0.717) is 0 Å². The summed E-state index contributed by atoms with van der Waals surface area (Å²) in [5.74, 6) is 2.17. The second-order valence-electron chi connectivity index (χ2n) is 5.22. The van der Waals surface area contributed by atoms with Gasteiger partial charge in [0.15, 0.2) is 5.96 Å². The van der Waals surface area contributed by atoms with Crippen LogP contribution in [0.3, 0.4) is 0 Å². The maximum Gasteiger partial charge on any atom is 0.308 e. The largest absolute Gasteiger partial charge is 0.469 e. The molecule has 1 rings (SSSR count). The lowest BCUT2D eigenvalue weighted by molar-refractivity contribution is -0.146. The Labute approximate surface area is 132 Å². The third-order valence-electron chi connectivity index (χ3n) is 3.68. The average molecular weight is 315 g/mol. The molecule has 0 aromatic rings. The van der Waals surface area contributed by atoms with Crippen molar-refractivity contribution in [2.45, 2.75) is 32.6 Å². The summed E-state index contributed by atoms with van der Waals surface area (Å²) < 4.78 is 4.83. The smallest absolute Gasteiger partial charge is 0.308 e. The number of carbonyl (C=O) groups is 1. The maximum atomic E-state index is 11.6. The summed E-state index contributed by atoms with van der Waals surface area (Å²) in [7, 11) is 1.47. The Hall–Kier alpha value is -0.910. The van der Waals surface area contributed by atoms with Crippen molar-refractivity contribution in [3.05, 3.63) is 0 Å². The van der Waals surface area contributed by atoms with Crippen LogP contribution < -0.4 is 5.32 Å². The van der Waals surface area contributed by atoms with Crippen molar-refractivity contribution in [2.75, 3.05) is 45.3 Å². The van der Waals surface area contributed by atoms with Gasteiger partial charge in [-0.15, -0.1) is 0 Å². The molecule has 0 amide bonds.